The summed E-state index contributed by atoms with van der Waals surface area (Å²) in [5.41, 5.74) is 10.2. The van der Waals surface area contributed by atoms with Crippen molar-refractivity contribution in [2.24, 2.45) is 0 Å². The molecule has 0 atom stereocenters. The van der Waals surface area contributed by atoms with Crippen molar-refractivity contribution in [1.82, 2.24) is 0 Å². The molecule has 0 aromatic heterocycles. The molecule has 226 valence electrons. The number of hydrogen-bond acceptors (Lipinski definition) is 3. The van der Waals surface area contributed by atoms with Gasteiger partial charge < -0.3 is 9.80 Å². The Balaban J connectivity index is 1.24. The van der Waals surface area contributed by atoms with Crippen molar-refractivity contribution >= 4 is 23.2 Å². The Hall–Kier alpha value is -5.67. The van der Waals surface area contributed by atoms with E-state index in [9.17, 15) is 4.79 Å². The van der Waals surface area contributed by atoms with Crippen LogP contribution in [0.3, 0.4) is 0 Å². The highest BCUT2D eigenvalue weighted by Crippen LogP contribution is 2.29. The third-order valence-electron chi connectivity index (χ3n) is 8.19. The summed E-state index contributed by atoms with van der Waals surface area (Å²) >= 11 is 0. The van der Waals surface area contributed by atoms with Crippen molar-refractivity contribution < 1.29 is 4.79 Å². The SMILES string of the molecule is O=CC=C(c1ccc(N(Cc2ccccc2)Cc2ccccc2)cc1)c1ccc(N(Cc2ccccc2)Cc2ccccc2)cc1. The maximum Gasteiger partial charge on any atom is 0.143 e. The van der Waals surface area contributed by atoms with Gasteiger partial charge in [-0.15, -0.1) is 0 Å². The summed E-state index contributed by atoms with van der Waals surface area (Å²) in [5, 5.41) is 0. The minimum atomic E-state index is 0.802. The Bertz CT molecular complexity index is 1600. The lowest BCUT2D eigenvalue weighted by atomic mass is 9.97. The molecule has 0 aliphatic rings. The number of allylic oxidation sites excluding steroid dienone is 1. The van der Waals surface area contributed by atoms with Gasteiger partial charge in [0.1, 0.15) is 6.29 Å². The summed E-state index contributed by atoms with van der Waals surface area (Å²) in [6, 6.07) is 59.4. The number of benzene rings is 6. The van der Waals surface area contributed by atoms with Gasteiger partial charge in [0, 0.05) is 37.6 Å². The highest BCUT2D eigenvalue weighted by Gasteiger charge is 2.13. The third-order valence-corrected chi connectivity index (χ3v) is 8.19. The van der Waals surface area contributed by atoms with Gasteiger partial charge in [0.15, 0.2) is 0 Å². The molecule has 0 radical (unpaired) electrons. The van der Waals surface area contributed by atoms with Crippen molar-refractivity contribution in [1.29, 1.82) is 0 Å². The molecular formula is C43H38N2O. The molecule has 0 fully saturated rings. The maximum atomic E-state index is 11.8. The summed E-state index contributed by atoms with van der Waals surface area (Å²) in [6.07, 6.45) is 2.55. The minimum Gasteiger partial charge on any atom is -0.363 e. The van der Waals surface area contributed by atoms with Crippen LogP contribution in [-0.2, 0) is 31.0 Å². The van der Waals surface area contributed by atoms with E-state index in [2.05, 4.69) is 180 Å². The standard InChI is InChI=1S/C43H38N2O/c46-30-29-43(39-21-25-41(26-22-39)44(31-35-13-5-1-6-14-35)32-36-15-7-2-8-16-36)40-23-27-42(28-24-40)45(33-37-17-9-3-10-18-37)34-38-19-11-4-12-20-38/h1-30H,31-34H2. The lowest BCUT2D eigenvalue weighted by Gasteiger charge is -2.26. The fraction of sp³-hybridized carbons (Fsp3) is 0.0930. The Morgan fingerprint density at radius 1 is 0.391 bits per heavy atom. The van der Waals surface area contributed by atoms with E-state index in [0.717, 1.165) is 60.5 Å². The number of hydrogen-bond donors (Lipinski definition) is 0. The van der Waals surface area contributed by atoms with Gasteiger partial charge in [-0.05, 0) is 69.3 Å². The summed E-state index contributed by atoms with van der Waals surface area (Å²) in [5.74, 6) is 0. The zero-order chi connectivity index (χ0) is 31.4. The van der Waals surface area contributed by atoms with Crippen LogP contribution in [0.4, 0.5) is 11.4 Å². The lowest BCUT2D eigenvalue weighted by Crippen LogP contribution is -2.22. The van der Waals surface area contributed by atoms with Gasteiger partial charge in [0.05, 0.1) is 0 Å². The van der Waals surface area contributed by atoms with E-state index < -0.39 is 0 Å². The van der Waals surface area contributed by atoms with E-state index in [1.807, 2.05) is 0 Å². The van der Waals surface area contributed by atoms with Crippen LogP contribution >= 0.6 is 0 Å². The van der Waals surface area contributed by atoms with Crippen molar-refractivity contribution in [3.63, 3.8) is 0 Å². The second-order valence-electron chi connectivity index (χ2n) is 11.5. The van der Waals surface area contributed by atoms with Crippen LogP contribution in [0.15, 0.2) is 176 Å². The molecule has 0 bridgehead atoms. The first-order valence-corrected chi connectivity index (χ1v) is 15.8. The smallest absolute Gasteiger partial charge is 0.143 e. The molecule has 0 N–H and O–H groups in total. The molecule has 0 saturated heterocycles. The van der Waals surface area contributed by atoms with Crippen molar-refractivity contribution in [2.45, 2.75) is 26.2 Å². The summed E-state index contributed by atoms with van der Waals surface area (Å²) in [6.45, 7) is 3.21. The van der Waals surface area contributed by atoms with Gasteiger partial charge in [-0.2, -0.15) is 0 Å². The van der Waals surface area contributed by atoms with Gasteiger partial charge in [-0.3, -0.25) is 4.79 Å². The second kappa shape index (κ2) is 15.4. The van der Waals surface area contributed by atoms with Gasteiger partial charge in [-0.25, -0.2) is 0 Å². The first-order chi connectivity index (χ1) is 22.7. The molecule has 3 heteroatoms. The predicted octanol–water partition coefficient (Wildman–Crippen LogP) is 9.73. The van der Waals surface area contributed by atoms with E-state index in [-0.39, 0.29) is 0 Å². The molecule has 0 aliphatic heterocycles. The van der Waals surface area contributed by atoms with Crippen LogP contribution in [-0.4, -0.2) is 6.29 Å². The Morgan fingerprint density at radius 2 is 0.674 bits per heavy atom. The monoisotopic (exact) mass is 598 g/mol. The van der Waals surface area contributed by atoms with Crippen molar-refractivity contribution in [2.75, 3.05) is 9.80 Å². The molecule has 6 rings (SSSR count). The predicted molar refractivity (Wildman–Crippen MR) is 192 cm³/mol. The number of nitrogens with zero attached hydrogens (tertiary/aromatic N) is 2. The molecule has 6 aromatic rings. The van der Waals surface area contributed by atoms with E-state index in [4.69, 9.17) is 0 Å². The summed E-state index contributed by atoms with van der Waals surface area (Å²) < 4.78 is 0. The van der Waals surface area contributed by atoms with Crippen LogP contribution in [0, 0.1) is 0 Å². The first kappa shape index (κ1) is 30.4. The van der Waals surface area contributed by atoms with Crippen molar-refractivity contribution in [3.05, 3.63) is 209 Å². The normalized spacial score (nSPS) is 10.6. The Morgan fingerprint density at radius 3 is 0.935 bits per heavy atom. The van der Waals surface area contributed by atoms with Crippen LogP contribution < -0.4 is 9.80 Å². The van der Waals surface area contributed by atoms with Gasteiger partial charge in [0.25, 0.3) is 0 Å². The quantitative estimate of drug-likeness (QED) is 0.0977. The number of carbonyl (C=O) groups excluding carboxylic acids is 1. The highest BCUT2D eigenvalue weighted by molar-refractivity contribution is 5.90. The summed E-state index contributed by atoms with van der Waals surface area (Å²) in [4.78, 5) is 16.6. The largest absolute Gasteiger partial charge is 0.363 e. The topological polar surface area (TPSA) is 23.6 Å². The molecular weight excluding hydrogens is 560 g/mol. The molecule has 3 nitrogen and oxygen atoms in total. The van der Waals surface area contributed by atoms with Gasteiger partial charge in [0.2, 0.25) is 0 Å². The number of aldehydes is 1. The zero-order valence-corrected chi connectivity index (χ0v) is 26.0. The molecule has 0 heterocycles. The molecule has 0 saturated carbocycles. The number of anilines is 2. The molecule has 0 amide bonds. The van der Waals surface area contributed by atoms with Crippen LogP contribution in [0.25, 0.3) is 5.57 Å². The van der Waals surface area contributed by atoms with Crippen LogP contribution in [0.1, 0.15) is 33.4 Å². The molecule has 6 aromatic carbocycles. The van der Waals surface area contributed by atoms with E-state index in [1.54, 1.807) is 6.08 Å². The second-order valence-corrected chi connectivity index (χ2v) is 11.5. The maximum absolute atomic E-state index is 11.8. The molecule has 0 aliphatic carbocycles. The molecule has 46 heavy (non-hydrogen) atoms. The summed E-state index contributed by atoms with van der Waals surface area (Å²) in [7, 11) is 0. The first-order valence-electron chi connectivity index (χ1n) is 15.8. The van der Waals surface area contributed by atoms with Gasteiger partial charge in [-0.1, -0.05) is 146 Å². The van der Waals surface area contributed by atoms with Crippen LogP contribution in [0.5, 0.6) is 0 Å². The van der Waals surface area contributed by atoms with E-state index >= 15 is 0 Å². The van der Waals surface area contributed by atoms with Gasteiger partial charge >= 0.3 is 0 Å². The van der Waals surface area contributed by atoms with E-state index in [0.29, 0.717) is 0 Å². The average Bonchev–Trinajstić information content (AvgIpc) is 3.12. The lowest BCUT2D eigenvalue weighted by molar-refractivity contribution is -0.104. The van der Waals surface area contributed by atoms with Crippen LogP contribution in [0.2, 0.25) is 0 Å². The Kier molecular flexibility index (Phi) is 10.1. The minimum absolute atomic E-state index is 0.802. The highest BCUT2D eigenvalue weighted by atomic mass is 16.1. The fourth-order valence-corrected chi connectivity index (χ4v) is 5.82. The molecule has 0 spiro atoms. The van der Waals surface area contributed by atoms with E-state index in [1.165, 1.54) is 22.3 Å². The molecule has 0 unspecified atom stereocenters. The Labute approximate surface area is 272 Å². The fourth-order valence-electron chi connectivity index (χ4n) is 5.82. The number of rotatable bonds is 13. The van der Waals surface area contributed by atoms with Crippen molar-refractivity contribution in [3.8, 4) is 0 Å². The number of carbonyl (C=O) groups is 1. The third kappa shape index (κ3) is 8.08. The zero-order valence-electron chi connectivity index (χ0n) is 26.0. The average molecular weight is 599 g/mol.